The molecule has 1 aliphatic heterocycles. The molecule has 8 amide bonds. The molecule has 22 nitrogen and oxygen atoms in total. The van der Waals surface area contributed by atoms with Crippen molar-refractivity contribution in [1.82, 2.24) is 42.5 Å². The third kappa shape index (κ3) is 18.8. The molecule has 0 saturated carbocycles. The lowest BCUT2D eigenvalue weighted by molar-refractivity contribution is -0.143. The Morgan fingerprint density at radius 3 is 1.79 bits per heavy atom. The minimum absolute atomic E-state index is 0.0405. The van der Waals surface area contributed by atoms with Crippen molar-refractivity contribution in [3.63, 3.8) is 0 Å². The molecule has 0 radical (unpaired) electrons. The monoisotopic (exact) mass is 922 g/mol. The Bertz CT molecular complexity index is 2070. The van der Waals surface area contributed by atoms with Gasteiger partial charge in [0.05, 0.1) is 12.8 Å². The molecule has 1 aliphatic rings. The highest BCUT2D eigenvalue weighted by Gasteiger charge is 2.36. The first-order valence-corrected chi connectivity index (χ1v) is 21.3. The first-order chi connectivity index (χ1) is 31.2. The molecular weight excluding hydrogens is 865 g/mol. The third-order valence-electron chi connectivity index (χ3n) is 10.2. The number of aliphatic carboxylic acids is 3. The van der Waals surface area contributed by atoms with Gasteiger partial charge < -0.3 is 57.9 Å². The van der Waals surface area contributed by atoms with E-state index in [1.165, 1.54) is 6.92 Å². The Hall–Kier alpha value is -7.39. The summed E-state index contributed by atoms with van der Waals surface area (Å²) in [4.78, 5) is 144. The lowest BCUT2D eigenvalue weighted by Crippen LogP contribution is -2.60. The van der Waals surface area contributed by atoms with Crippen molar-refractivity contribution in [3.05, 3.63) is 71.8 Å². The van der Waals surface area contributed by atoms with E-state index in [1.807, 2.05) is 0 Å². The zero-order valence-electron chi connectivity index (χ0n) is 36.8. The molecule has 66 heavy (non-hydrogen) atoms. The average molecular weight is 923 g/mol. The molecule has 358 valence electrons. The van der Waals surface area contributed by atoms with E-state index in [0.29, 0.717) is 11.1 Å². The molecule has 3 rings (SSSR count). The zero-order chi connectivity index (χ0) is 48.9. The summed E-state index contributed by atoms with van der Waals surface area (Å²) in [5, 5.41) is 48.6. The molecular formula is C44H58N8O14. The van der Waals surface area contributed by atoms with E-state index in [2.05, 4.69) is 42.5 Å². The Balaban J connectivity index is 1.93. The van der Waals surface area contributed by atoms with E-state index in [4.69, 9.17) is 0 Å². The molecule has 0 bridgehead atoms. The maximum Gasteiger partial charge on any atom is 0.326 e. The number of carbonyl (C=O) groups is 11. The molecule has 0 unspecified atom stereocenters. The van der Waals surface area contributed by atoms with Crippen molar-refractivity contribution in [3.8, 4) is 0 Å². The number of carboxylic acids is 3. The fourth-order valence-corrected chi connectivity index (χ4v) is 6.89. The molecule has 1 fully saturated rings. The molecule has 0 aromatic heterocycles. The molecule has 22 heteroatoms. The third-order valence-corrected chi connectivity index (χ3v) is 10.2. The van der Waals surface area contributed by atoms with Crippen LogP contribution in [-0.4, -0.2) is 129 Å². The average Bonchev–Trinajstić information content (AvgIpc) is 3.24. The van der Waals surface area contributed by atoms with Gasteiger partial charge >= 0.3 is 17.9 Å². The van der Waals surface area contributed by atoms with Gasteiger partial charge in [-0.05, 0) is 42.7 Å². The van der Waals surface area contributed by atoms with Gasteiger partial charge in [-0.25, -0.2) is 4.79 Å². The Morgan fingerprint density at radius 1 is 0.667 bits per heavy atom. The van der Waals surface area contributed by atoms with Gasteiger partial charge in [-0.2, -0.15) is 0 Å². The van der Waals surface area contributed by atoms with Crippen LogP contribution in [0.3, 0.4) is 0 Å². The van der Waals surface area contributed by atoms with Crippen molar-refractivity contribution in [1.29, 1.82) is 0 Å². The van der Waals surface area contributed by atoms with E-state index in [9.17, 15) is 68.1 Å². The van der Waals surface area contributed by atoms with Crippen LogP contribution < -0.4 is 42.5 Å². The highest BCUT2D eigenvalue weighted by Crippen LogP contribution is 2.12. The minimum Gasteiger partial charge on any atom is -0.481 e. The molecule has 0 aliphatic carbocycles. The summed E-state index contributed by atoms with van der Waals surface area (Å²) in [5.41, 5.74) is 1.21. The second-order valence-electron chi connectivity index (χ2n) is 16.2. The zero-order valence-corrected chi connectivity index (χ0v) is 36.8. The van der Waals surface area contributed by atoms with Gasteiger partial charge in [0.25, 0.3) is 0 Å². The SMILES string of the molecule is CC(=O)N[C@@H](Cc1ccccc1)C(=O)N[C@H]1CCC(=O)NCCC[C@@H](C(=O)N[C@@H](CC(=O)O)C(=O)N[C@@H](Cc2ccccc2)C(=O)O)NC(=O)[C@H](CC(=O)O)NC(=O)[C@H](CC(C)C)NC1=O. The summed E-state index contributed by atoms with van der Waals surface area (Å²) in [6.07, 6.45) is -3.27. The number of benzene rings is 2. The van der Waals surface area contributed by atoms with Crippen LogP contribution in [-0.2, 0) is 65.6 Å². The van der Waals surface area contributed by atoms with Crippen LogP contribution in [0, 0.1) is 5.92 Å². The van der Waals surface area contributed by atoms with E-state index in [0.717, 1.165) is 0 Å². The van der Waals surface area contributed by atoms with Gasteiger partial charge in [0.2, 0.25) is 47.3 Å². The van der Waals surface area contributed by atoms with Crippen LogP contribution in [0.25, 0.3) is 0 Å². The number of hydrogen-bond acceptors (Lipinski definition) is 11. The lowest BCUT2D eigenvalue weighted by Gasteiger charge is -2.27. The quantitative estimate of drug-likeness (QED) is 0.0825. The Labute approximate surface area is 380 Å². The summed E-state index contributed by atoms with van der Waals surface area (Å²) >= 11 is 0. The van der Waals surface area contributed by atoms with Crippen molar-refractivity contribution in [2.75, 3.05) is 6.54 Å². The summed E-state index contributed by atoms with van der Waals surface area (Å²) < 4.78 is 0. The van der Waals surface area contributed by atoms with Gasteiger partial charge in [-0.15, -0.1) is 0 Å². The van der Waals surface area contributed by atoms with Crippen LogP contribution in [0.5, 0.6) is 0 Å². The summed E-state index contributed by atoms with van der Waals surface area (Å²) in [5.74, 6) is -12.2. The van der Waals surface area contributed by atoms with Gasteiger partial charge in [0, 0.05) is 32.7 Å². The maximum atomic E-state index is 13.9. The number of amides is 8. The fraction of sp³-hybridized carbons (Fsp3) is 0.477. The number of hydrogen-bond donors (Lipinski definition) is 11. The highest BCUT2D eigenvalue weighted by atomic mass is 16.4. The maximum absolute atomic E-state index is 13.9. The van der Waals surface area contributed by atoms with E-state index in [1.54, 1.807) is 74.5 Å². The van der Waals surface area contributed by atoms with Gasteiger partial charge in [-0.3, -0.25) is 47.9 Å². The molecule has 1 saturated heterocycles. The summed E-state index contributed by atoms with van der Waals surface area (Å²) in [6, 6.07) is 5.95. The molecule has 7 atom stereocenters. The van der Waals surface area contributed by atoms with Gasteiger partial charge in [0.15, 0.2) is 0 Å². The second kappa shape index (κ2) is 26.4. The predicted molar refractivity (Wildman–Crippen MR) is 233 cm³/mol. The summed E-state index contributed by atoms with van der Waals surface area (Å²) in [7, 11) is 0. The van der Waals surface area contributed by atoms with Crippen LogP contribution in [0.4, 0.5) is 0 Å². The molecule has 11 N–H and O–H groups in total. The number of nitrogens with one attached hydrogen (secondary N) is 8. The summed E-state index contributed by atoms with van der Waals surface area (Å²) in [6.45, 7) is 4.48. The normalized spacial score (nSPS) is 20.0. The van der Waals surface area contributed by atoms with Crippen LogP contribution in [0.2, 0.25) is 0 Å². The number of carbonyl (C=O) groups excluding carboxylic acids is 8. The van der Waals surface area contributed by atoms with Gasteiger partial charge in [0.1, 0.15) is 42.3 Å². The standard InChI is InChI=1S/C44H58N8O14/c1-24(2)19-30-40(61)51-32(22-36(55)56)42(63)47-28(38(59)50-33(23-37(57)58)43(64)52-34(44(65)66)21-27-13-8-5-9-14-27)15-10-18-45-35(54)17-16-29(39(60)49-30)48-41(62)31(46-25(3)53)20-26-11-6-4-7-12-26/h4-9,11-14,24,28-34H,10,15-23H2,1-3H3,(H,45,54)(H,46,53)(H,47,63)(H,48,62)(H,49,60)(H,50,59)(H,51,61)(H,52,64)(H,55,56)(H,57,58)(H,65,66)/t28-,29-,30-,31-,32-,33-,34-/m0/s1. The molecule has 0 spiro atoms. The van der Waals surface area contributed by atoms with Crippen molar-refractivity contribution >= 4 is 65.2 Å². The van der Waals surface area contributed by atoms with E-state index >= 15 is 0 Å². The lowest BCUT2D eigenvalue weighted by atomic mass is 10.0. The molecule has 2 aromatic rings. The van der Waals surface area contributed by atoms with E-state index in [-0.39, 0.29) is 57.4 Å². The Morgan fingerprint density at radius 2 is 1.24 bits per heavy atom. The first kappa shape index (κ1) is 53.0. The largest absolute Gasteiger partial charge is 0.481 e. The van der Waals surface area contributed by atoms with Crippen molar-refractivity contribution in [2.45, 2.75) is 121 Å². The Kier molecular flexibility index (Phi) is 21.2. The van der Waals surface area contributed by atoms with E-state index < -0.39 is 120 Å². The number of rotatable bonds is 18. The highest BCUT2D eigenvalue weighted by molar-refractivity contribution is 5.99. The van der Waals surface area contributed by atoms with Gasteiger partial charge in [-0.1, -0.05) is 74.5 Å². The van der Waals surface area contributed by atoms with Crippen LogP contribution >= 0.6 is 0 Å². The van der Waals surface area contributed by atoms with Crippen molar-refractivity contribution in [2.24, 2.45) is 5.92 Å². The second-order valence-corrected chi connectivity index (χ2v) is 16.2. The molecule has 1 heterocycles. The van der Waals surface area contributed by atoms with Crippen molar-refractivity contribution < 1.29 is 68.1 Å². The minimum atomic E-state index is -1.87. The topological polar surface area (TPSA) is 345 Å². The predicted octanol–water partition coefficient (Wildman–Crippen LogP) is -1.34. The van der Waals surface area contributed by atoms with Crippen LogP contribution in [0.15, 0.2) is 60.7 Å². The fourth-order valence-electron chi connectivity index (χ4n) is 6.89. The first-order valence-electron chi connectivity index (χ1n) is 21.3. The van der Waals surface area contributed by atoms with Crippen LogP contribution in [0.1, 0.15) is 76.8 Å². The molecule has 2 aromatic carbocycles. The smallest absolute Gasteiger partial charge is 0.326 e. The number of carboxylic acid groups (broad SMARTS) is 3.